The highest BCUT2D eigenvalue weighted by Crippen LogP contribution is 2.23. The van der Waals surface area contributed by atoms with Gasteiger partial charge in [-0.3, -0.25) is 9.69 Å². The van der Waals surface area contributed by atoms with Gasteiger partial charge in [0.15, 0.2) is 0 Å². The van der Waals surface area contributed by atoms with Crippen LogP contribution >= 0.6 is 0 Å². The number of nitrogens with zero attached hydrogens (tertiary/aromatic N) is 1. The maximum atomic E-state index is 11.7. The number of esters is 1. The second kappa shape index (κ2) is 5.72. The number of benzene rings is 1. The maximum Gasteiger partial charge on any atom is 0.323 e. The third-order valence-electron chi connectivity index (χ3n) is 3.73. The topological polar surface area (TPSA) is 49.8 Å². The Morgan fingerprint density at radius 1 is 1.47 bits per heavy atom. The number of hydrogen-bond donors (Lipinski definition) is 1. The summed E-state index contributed by atoms with van der Waals surface area (Å²) in [5, 5.41) is 9.77. The van der Waals surface area contributed by atoms with E-state index in [2.05, 4.69) is 32.0 Å². The van der Waals surface area contributed by atoms with Crippen molar-refractivity contribution >= 4 is 5.97 Å². The Morgan fingerprint density at radius 3 is 2.89 bits per heavy atom. The number of rotatable bonds is 3. The third-order valence-corrected chi connectivity index (χ3v) is 3.73. The van der Waals surface area contributed by atoms with Gasteiger partial charge in [-0.05, 0) is 25.0 Å². The average molecular weight is 263 g/mol. The molecule has 4 nitrogen and oxygen atoms in total. The third kappa shape index (κ3) is 3.14. The number of ether oxygens (including phenoxy) is 1. The van der Waals surface area contributed by atoms with Crippen molar-refractivity contribution in [2.24, 2.45) is 0 Å². The van der Waals surface area contributed by atoms with E-state index in [9.17, 15) is 9.90 Å². The summed E-state index contributed by atoms with van der Waals surface area (Å²) in [6.45, 7) is 5.31. The van der Waals surface area contributed by atoms with Crippen LogP contribution in [-0.2, 0) is 16.1 Å². The minimum atomic E-state index is -0.450. The number of aliphatic hydroxyl groups is 1. The first-order valence-electron chi connectivity index (χ1n) is 6.57. The molecule has 2 unspecified atom stereocenters. The van der Waals surface area contributed by atoms with Gasteiger partial charge in [0, 0.05) is 19.5 Å². The number of β-amino-alcohol motifs (C(OH)–C–C–N with tert-alkyl or cyclic N) is 1. The standard InChI is InChI=1S/C15H21NO3/c1-10-4-5-11(2)12(6-10)8-16-9-13(17)7-14(16)15(18)19-3/h4-6,13-14,17H,7-9H2,1-3H3. The van der Waals surface area contributed by atoms with E-state index in [4.69, 9.17) is 4.74 Å². The van der Waals surface area contributed by atoms with E-state index in [1.165, 1.54) is 23.8 Å². The van der Waals surface area contributed by atoms with E-state index in [-0.39, 0.29) is 12.0 Å². The van der Waals surface area contributed by atoms with Crippen LogP contribution in [0.4, 0.5) is 0 Å². The summed E-state index contributed by atoms with van der Waals surface area (Å²) >= 11 is 0. The van der Waals surface area contributed by atoms with E-state index < -0.39 is 6.10 Å². The van der Waals surface area contributed by atoms with Crippen LogP contribution in [0, 0.1) is 13.8 Å². The normalized spacial score (nSPS) is 23.6. The van der Waals surface area contributed by atoms with E-state index in [0.29, 0.717) is 19.5 Å². The number of aliphatic hydroxyl groups excluding tert-OH is 1. The van der Waals surface area contributed by atoms with Crippen molar-refractivity contribution in [3.63, 3.8) is 0 Å². The van der Waals surface area contributed by atoms with Crippen LogP contribution in [0.1, 0.15) is 23.1 Å². The molecule has 1 fully saturated rings. The highest BCUT2D eigenvalue weighted by atomic mass is 16.5. The fraction of sp³-hybridized carbons (Fsp3) is 0.533. The van der Waals surface area contributed by atoms with Crippen LogP contribution in [0.5, 0.6) is 0 Å². The Kier molecular flexibility index (Phi) is 4.22. The zero-order chi connectivity index (χ0) is 14.0. The van der Waals surface area contributed by atoms with Crippen LogP contribution in [-0.4, -0.2) is 41.8 Å². The molecular weight excluding hydrogens is 242 g/mol. The lowest BCUT2D eigenvalue weighted by molar-refractivity contribution is -0.146. The number of aryl methyl sites for hydroxylation is 2. The predicted molar refractivity (Wildman–Crippen MR) is 72.8 cm³/mol. The molecule has 0 saturated carbocycles. The van der Waals surface area contributed by atoms with E-state index in [0.717, 1.165) is 0 Å². The smallest absolute Gasteiger partial charge is 0.323 e. The summed E-state index contributed by atoms with van der Waals surface area (Å²) in [6, 6.07) is 5.97. The van der Waals surface area contributed by atoms with Crippen molar-refractivity contribution in [3.05, 3.63) is 34.9 Å². The van der Waals surface area contributed by atoms with Crippen LogP contribution in [0.2, 0.25) is 0 Å². The summed E-state index contributed by atoms with van der Waals surface area (Å²) in [4.78, 5) is 13.7. The zero-order valence-electron chi connectivity index (χ0n) is 11.7. The molecule has 1 aromatic carbocycles. The summed E-state index contributed by atoms with van der Waals surface area (Å²) < 4.78 is 4.81. The summed E-state index contributed by atoms with van der Waals surface area (Å²) in [5.41, 5.74) is 3.61. The van der Waals surface area contributed by atoms with Crippen LogP contribution < -0.4 is 0 Å². The van der Waals surface area contributed by atoms with Gasteiger partial charge in [-0.2, -0.15) is 0 Å². The van der Waals surface area contributed by atoms with Gasteiger partial charge in [0.25, 0.3) is 0 Å². The number of carbonyl (C=O) groups is 1. The molecule has 0 spiro atoms. The van der Waals surface area contributed by atoms with Crippen LogP contribution in [0.3, 0.4) is 0 Å². The van der Waals surface area contributed by atoms with Gasteiger partial charge in [-0.15, -0.1) is 0 Å². The van der Waals surface area contributed by atoms with Crippen molar-refractivity contribution < 1.29 is 14.6 Å². The van der Waals surface area contributed by atoms with Gasteiger partial charge in [-0.1, -0.05) is 23.8 Å². The molecule has 0 bridgehead atoms. The zero-order valence-corrected chi connectivity index (χ0v) is 11.7. The van der Waals surface area contributed by atoms with Crippen LogP contribution in [0.25, 0.3) is 0 Å². The Morgan fingerprint density at radius 2 is 2.21 bits per heavy atom. The largest absolute Gasteiger partial charge is 0.468 e. The molecule has 0 aromatic heterocycles. The lowest BCUT2D eigenvalue weighted by Crippen LogP contribution is -2.36. The van der Waals surface area contributed by atoms with E-state index in [1.54, 1.807) is 0 Å². The first kappa shape index (κ1) is 14.0. The van der Waals surface area contributed by atoms with Gasteiger partial charge in [0.2, 0.25) is 0 Å². The first-order chi connectivity index (χ1) is 9.01. The fourth-order valence-corrected chi connectivity index (χ4v) is 2.62. The molecule has 19 heavy (non-hydrogen) atoms. The molecule has 1 aliphatic heterocycles. The van der Waals surface area contributed by atoms with Crippen LogP contribution in [0.15, 0.2) is 18.2 Å². The first-order valence-corrected chi connectivity index (χ1v) is 6.57. The highest BCUT2D eigenvalue weighted by molar-refractivity contribution is 5.76. The monoisotopic (exact) mass is 263 g/mol. The Labute approximate surface area is 114 Å². The molecule has 1 N–H and O–H groups in total. The molecule has 1 aromatic rings. The lowest BCUT2D eigenvalue weighted by atomic mass is 10.0. The van der Waals surface area contributed by atoms with Crippen molar-refractivity contribution in [1.29, 1.82) is 0 Å². The molecule has 1 heterocycles. The Balaban J connectivity index is 2.16. The quantitative estimate of drug-likeness (QED) is 0.838. The summed E-state index contributed by atoms with van der Waals surface area (Å²) in [7, 11) is 1.39. The Hall–Kier alpha value is -1.39. The molecule has 0 aliphatic carbocycles. The molecule has 1 aliphatic rings. The fourth-order valence-electron chi connectivity index (χ4n) is 2.62. The predicted octanol–water partition coefficient (Wildman–Crippen LogP) is 1.41. The van der Waals surface area contributed by atoms with Crippen molar-refractivity contribution in [2.45, 2.75) is 39.0 Å². The average Bonchev–Trinajstić information content (AvgIpc) is 2.74. The molecule has 2 atom stereocenters. The molecule has 1 saturated heterocycles. The van der Waals surface area contributed by atoms with Gasteiger partial charge < -0.3 is 9.84 Å². The molecule has 2 rings (SSSR count). The van der Waals surface area contributed by atoms with Gasteiger partial charge in [0.1, 0.15) is 6.04 Å². The van der Waals surface area contributed by atoms with Crippen molar-refractivity contribution in [2.75, 3.05) is 13.7 Å². The number of carbonyl (C=O) groups excluding carboxylic acids is 1. The molecular formula is C15H21NO3. The number of methoxy groups -OCH3 is 1. The lowest BCUT2D eigenvalue weighted by Gasteiger charge is -2.23. The highest BCUT2D eigenvalue weighted by Gasteiger charge is 2.36. The minimum absolute atomic E-state index is 0.262. The molecule has 0 amide bonds. The van der Waals surface area contributed by atoms with Crippen molar-refractivity contribution in [3.8, 4) is 0 Å². The SMILES string of the molecule is COC(=O)C1CC(O)CN1Cc1cc(C)ccc1C. The summed E-state index contributed by atoms with van der Waals surface area (Å²) in [6.07, 6.45) is 0.00609. The second-order valence-corrected chi connectivity index (χ2v) is 5.29. The molecule has 4 heteroatoms. The van der Waals surface area contributed by atoms with Gasteiger partial charge >= 0.3 is 5.97 Å². The molecule has 104 valence electrons. The van der Waals surface area contributed by atoms with E-state index >= 15 is 0 Å². The second-order valence-electron chi connectivity index (χ2n) is 5.29. The molecule has 0 radical (unpaired) electrons. The Bertz CT molecular complexity index is 472. The maximum absolute atomic E-state index is 11.7. The van der Waals surface area contributed by atoms with Gasteiger partial charge in [-0.25, -0.2) is 0 Å². The van der Waals surface area contributed by atoms with Gasteiger partial charge in [0.05, 0.1) is 13.2 Å². The number of hydrogen-bond acceptors (Lipinski definition) is 4. The van der Waals surface area contributed by atoms with E-state index in [1.807, 2.05) is 4.90 Å². The van der Waals surface area contributed by atoms with Crippen molar-refractivity contribution in [1.82, 2.24) is 4.90 Å². The summed E-state index contributed by atoms with van der Waals surface area (Å²) in [5.74, 6) is -0.262. The minimum Gasteiger partial charge on any atom is -0.468 e. The number of likely N-dealkylation sites (tertiary alicyclic amines) is 1.